The summed E-state index contributed by atoms with van der Waals surface area (Å²) in [6.45, 7) is 0. The Morgan fingerprint density at radius 3 is 2.67 bits per heavy atom. The number of ether oxygens (including phenoxy) is 1. The highest BCUT2D eigenvalue weighted by Gasteiger charge is 2.20. The lowest BCUT2D eigenvalue weighted by Gasteiger charge is -2.09. The van der Waals surface area contributed by atoms with Crippen LogP contribution in [-0.2, 0) is 0 Å². The Morgan fingerprint density at radius 2 is 2.27 bits per heavy atom. The molecule has 0 aliphatic heterocycles. The van der Waals surface area contributed by atoms with E-state index < -0.39 is 23.5 Å². The predicted molar refractivity (Wildman–Crippen MR) is 47.1 cm³/mol. The number of pyridine rings is 1. The van der Waals surface area contributed by atoms with Crippen molar-refractivity contribution in [1.29, 1.82) is 0 Å². The van der Waals surface area contributed by atoms with Crippen molar-refractivity contribution in [2.24, 2.45) is 0 Å². The number of alkyl halides is 2. The summed E-state index contributed by atoms with van der Waals surface area (Å²) in [4.78, 5) is 14.0. The van der Waals surface area contributed by atoms with Crippen LogP contribution in [0.4, 0.5) is 14.6 Å². The van der Waals surface area contributed by atoms with Gasteiger partial charge in [-0.2, -0.15) is 4.98 Å². The highest BCUT2D eigenvalue weighted by atomic mass is 19.3. The number of nitrogen functional groups attached to an aromatic ring is 1. The third-order valence-corrected chi connectivity index (χ3v) is 1.70. The van der Waals surface area contributed by atoms with Gasteiger partial charge in [-0.15, -0.1) is 0 Å². The molecule has 0 aliphatic carbocycles. The number of halogens is 2. The van der Waals surface area contributed by atoms with E-state index >= 15 is 0 Å². The van der Waals surface area contributed by atoms with Gasteiger partial charge in [-0.25, -0.2) is 13.6 Å². The molecule has 0 saturated heterocycles. The van der Waals surface area contributed by atoms with Gasteiger partial charge in [-0.1, -0.05) is 0 Å². The summed E-state index contributed by atoms with van der Waals surface area (Å²) in [7, 11) is 1.15. The first-order valence-electron chi connectivity index (χ1n) is 3.83. The zero-order chi connectivity index (χ0) is 11.6. The Kier molecular flexibility index (Phi) is 3.03. The van der Waals surface area contributed by atoms with E-state index in [-0.39, 0.29) is 11.7 Å². The molecule has 0 aromatic carbocycles. The molecule has 0 aliphatic rings. The van der Waals surface area contributed by atoms with E-state index in [1.165, 1.54) is 0 Å². The van der Waals surface area contributed by atoms with Crippen molar-refractivity contribution >= 4 is 11.8 Å². The van der Waals surface area contributed by atoms with Gasteiger partial charge in [0, 0.05) is 0 Å². The largest absolute Gasteiger partial charge is 0.481 e. The SMILES string of the molecule is COc1nc(N)c(C(=O)O)cc1C(F)F. The number of hydrogen-bond donors (Lipinski definition) is 2. The molecular weight excluding hydrogens is 210 g/mol. The van der Waals surface area contributed by atoms with E-state index in [1.54, 1.807) is 0 Å². The summed E-state index contributed by atoms with van der Waals surface area (Å²) in [6.07, 6.45) is -2.87. The first-order chi connectivity index (χ1) is 6.97. The first-order valence-corrected chi connectivity index (χ1v) is 3.83. The van der Waals surface area contributed by atoms with Gasteiger partial charge in [0.25, 0.3) is 6.43 Å². The van der Waals surface area contributed by atoms with Crippen LogP contribution in [0.3, 0.4) is 0 Å². The number of carboxylic acids is 1. The number of nitrogens with zero attached hydrogens (tertiary/aromatic N) is 1. The summed E-state index contributed by atoms with van der Waals surface area (Å²) in [5.74, 6) is -2.14. The number of hydrogen-bond acceptors (Lipinski definition) is 4. The van der Waals surface area contributed by atoms with Gasteiger partial charge in [0.1, 0.15) is 11.4 Å². The molecule has 15 heavy (non-hydrogen) atoms. The van der Waals surface area contributed by atoms with Crippen LogP contribution < -0.4 is 10.5 Å². The van der Waals surface area contributed by atoms with Crippen LogP contribution in [0, 0.1) is 0 Å². The van der Waals surface area contributed by atoms with E-state index in [9.17, 15) is 13.6 Å². The fraction of sp³-hybridized carbons (Fsp3) is 0.250. The molecule has 0 atom stereocenters. The predicted octanol–water partition coefficient (Wildman–Crippen LogP) is 1.31. The molecule has 0 radical (unpaired) electrons. The van der Waals surface area contributed by atoms with Crippen LogP contribution in [0.5, 0.6) is 5.88 Å². The average Bonchev–Trinajstić information content (AvgIpc) is 2.16. The lowest BCUT2D eigenvalue weighted by Crippen LogP contribution is -2.08. The van der Waals surface area contributed by atoms with Gasteiger partial charge in [0.2, 0.25) is 5.88 Å². The van der Waals surface area contributed by atoms with Crippen LogP contribution in [0.2, 0.25) is 0 Å². The Balaban J connectivity index is 3.37. The monoisotopic (exact) mass is 218 g/mol. The molecule has 1 aromatic heterocycles. The maximum Gasteiger partial charge on any atom is 0.339 e. The number of carboxylic acid groups (broad SMARTS) is 1. The fourth-order valence-corrected chi connectivity index (χ4v) is 1.02. The van der Waals surface area contributed by atoms with E-state index in [1.807, 2.05) is 0 Å². The Bertz CT molecular complexity index is 396. The molecular formula is C8H8F2N2O3. The average molecular weight is 218 g/mol. The van der Waals surface area contributed by atoms with Crippen molar-refractivity contribution in [3.8, 4) is 5.88 Å². The molecule has 1 aromatic rings. The number of rotatable bonds is 3. The van der Waals surface area contributed by atoms with Gasteiger partial charge >= 0.3 is 5.97 Å². The van der Waals surface area contributed by atoms with Crippen molar-refractivity contribution < 1.29 is 23.4 Å². The summed E-state index contributed by atoms with van der Waals surface area (Å²) in [5.41, 5.74) is 4.19. The smallest absolute Gasteiger partial charge is 0.339 e. The minimum Gasteiger partial charge on any atom is -0.481 e. The van der Waals surface area contributed by atoms with Crippen molar-refractivity contribution in [2.45, 2.75) is 6.43 Å². The Labute approximate surface area is 83.5 Å². The lowest BCUT2D eigenvalue weighted by atomic mass is 10.2. The third-order valence-electron chi connectivity index (χ3n) is 1.70. The number of nitrogens with two attached hydrogens (primary N) is 1. The molecule has 1 rings (SSSR count). The zero-order valence-corrected chi connectivity index (χ0v) is 7.70. The van der Waals surface area contributed by atoms with Crippen molar-refractivity contribution in [2.75, 3.05) is 12.8 Å². The summed E-state index contributed by atoms with van der Waals surface area (Å²) in [6, 6.07) is 0.758. The van der Waals surface area contributed by atoms with Crippen LogP contribution in [0.15, 0.2) is 6.07 Å². The normalized spacial score (nSPS) is 10.4. The Morgan fingerprint density at radius 1 is 1.67 bits per heavy atom. The number of aromatic carboxylic acids is 1. The second-order valence-corrected chi connectivity index (χ2v) is 2.63. The van der Waals surface area contributed by atoms with Gasteiger partial charge in [-0.3, -0.25) is 0 Å². The van der Waals surface area contributed by atoms with Crippen molar-refractivity contribution in [3.05, 3.63) is 17.2 Å². The molecule has 3 N–H and O–H groups in total. The standard InChI is InChI=1S/C8H8F2N2O3/c1-15-7-3(5(9)10)2-4(8(13)14)6(11)12-7/h2,5H,1H3,(H2,11,12)(H,13,14). The molecule has 0 amide bonds. The van der Waals surface area contributed by atoms with Crippen LogP contribution >= 0.6 is 0 Å². The van der Waals surface area contributed by atoms with Gasteiger partial charge in [0.05, 0.1) is 12.7 Å². The van der Waals surface area contributed by atoms with E-state index in [2.05, 4.69) is 9.72 Å². The lowest BCUT2D eigenvalue weighted by molar-refractivity contribution is 0.0697. The maximum atomic E-state index is 12.4. The molecule has 0 fully saturated rings. The van der Waals surface area contributed by atoms with E-state index in [0.717, 1.165) is 13.2 Å². The zero-order valence-electron chi connectivity index (χ0n) is 7.70. The van der Waals surface area contributed by atoms with Crippen molar-refractivity contribution in [1.82, 2.24) is 4.98 Å². The molecule has 82 valence electrons. The highest BCUT2D eigenvalue weighted by molar-refractivity contribution is 5.93. The second-order valence-electron chi connectivity index (χ2n) is 2.63. The number of aromatic nitrogens is 1. The molecule has 0 unspecified atom stereocenters. The quantitative estimate of drug-likeness (QED) is 0.798. The molecule has 7 heteroatoms. The molecule has 5 nitrogen and oxygen atoms in total. The van der Waals surface area contributed by atoms with E-state index in [0.29, 0.717) is 0 Å². The van der Waals surface area contributed by atoms with Crippen LogP contribution in [-0.4, -0.2) is 23.2 Å². The number of carbonyl (C=O) groups is 1. The van der Waals surface area contributed by atoms with E-state index in [4.69, 9.17) is 10.8 Å². The van der Waals surface area contributed by atoms with Gasteiger partial charge in [0.15, 0.2) is 0 Å². The van der Waals surface area contributed by atoms with Gasteiger partial charge in [-0.05, 0) is 6.07 Å². The highest BCUT2D eigenvalue weighted by Crippen LogP contribution is 2.29. The summed E-state index contributed by atoms with van der Waals surface area (Å²) in [5, 5.41) is 8.63. The number of methoxy groups -OCH3 is 1. The molecule has 0 spiro atoms. The summed E-state index contributed by atoms with van der Waals surface area (Å²) >= 11 is 0. The maximum absolute atomic E-state index is 12.4. The van der Waals surface area contributed by atoms with Crippen LogP contribution in [0.1, 0.15) is 22.3 Å². The topological polar surface area (TPSA) is 85.4 Å². The minimum atomic E-state index is -2.87. The second kappa shape index (κ2) is 4.07. The summed E-state index contributed by atoms with van der Waals surface area (Å²) < 4.78 is 29.4. The third kappa shape index (κ3) is 2.12. The van der Waals surface area contributed by atoms with Gasteiger partial charge < -0.3 is 15.6 Å². The molecule has 1 heterocycles. The van der Waals surface area contributed by atoms with Crippen molar-refractivity contribution in [3.63, 3.8) is 0 Å². The fourth-order valence-electron chi connectivity index (χ4n) is 1.02. The molecule has 0 saturated carbocycles. The first kappa shape index (κ1) is 11.2. The van der Waals surface area contributed by atoms with Crippen LogP contribution in [0.25, 0.3) is 0 Å². The number of anilines is 1. The minimum absolute atomic E-state index is 0.358. The Hall–Kier alpha value is -1.92. The molecule has 0 bridgehead atoms.